The Morgan fingerprint density at radius 2 is 2.04 bits per heavy atom. The monoisotopic (exact) mass is 354 g/mol. The van der Waals surface area contributed by atoms with Gasteiger partial charge in [-0.2, -0.15) is 0 Å². The normalized spacial score (nSPS) is 16.4. The van der Waals surface area contributed by atoms with E-state index in [2.05, 4.69) is 48.0 Å². The van der Waals surface area contributed by atoms with Gasteiger partial charge in [-0.25, -0.2) is 15.0 Å². The van der Waals surface area contributed by atoms with Gasteiger partial charge in [0.05, 0.1) is 17.6 Å². The quantitative estimate of drug-likeness (QED) is 0.749. The van der Waals surface area contributed by atoms with Crippen molar-refractivity contribution in [3.05, 3.63) is 23.1 Å². The fourth-order valence-corrected chi connectivity index (χ4v) is 3.57. The van der Waals surface area contributed by atoms with Crippen LogP contribution in [0.5, 0.6) is 0 Å². The minimum absolute atomic E-state index is 0.206. The number of aromatic nitrogens is 3. The maximum atomic E-state index is 6.12. The Labute approximate surface area is 153 Å². The lowest BCUT2D eigenvalue weighted by molar-refractivity contribution is -0.0400. The van der Waals surface area contributed by atoms with E-state index in [1.807, 2.05) is 6.92 Å². The third kappa shape index (κ3) is 2.92. The highest BCUT2D eigenvalue weighted by Crippen LogP contribution is 2.39. The Hall–Kier alpha value is -2.21. The second kappa shape index (κ2) is 6.20. The molecular weight excluding hydrogens is 328 g/mol. The first-order chi connectivity index (χ1) is 12.4. The minimum Gasteiger partial charge on any atom is -0.432 e. The number of nitrogens with zero attached hydrogens (tertiary/aromatic N) is 3. The summed E-state index contributed by atoms with van der Waals surface area (Å²) in [6.07, 6.45) is 3.49. The van der Waals surface area contributed by atoms with Crippen LogP contribution < -0.4 is 5.32 Å². The van der Waals surface area contributed by atoms with E-state index in [0.717, 1.165) is 47.4 Å². The molecule has 0 amide bonds. The summed E-state index contributed by atoms with van der Waals surface area (Å²) in [5.74, 6) is 1.38. The summed E-state index contributed by atoms with van der Waals surface area (Å²) < 4.78 is 12.1. The Balaban J connectivity index is 1.87. The number of hydrogen-bond donors (Lipinski definition) is 1. The van der Waals surface area contributed by atoms with Gasteiger partial charge >= 0.3 is 0 Å². The van der Waals surface area contributed by atoms with E-state index < -0.39 is 0 Å². The Morgan fingerprint density at radius 1 is 1.23 bits per heavy atom. The Morgan fingerprint density at radius 3 is 2.81 bits per heavy atom. The van der Waals surface area contributed by atoms with Crippen LogP contribution in [0, 0.1) is 12.8 Å². The number of rotatable bonds is 4. The molecule has 0 unspecified atom stereocenters. The number of pyridine rings is 1. The van der Waals surface area contributed by atoms with Gasteiger partial charge < -0.3 is 14.5 Å². The third-order valence-electron chi connectivity index (χ3n) is 5.05. The second-order valence-corrected chi connectivity index (χ2v) is 8.17. The molecule has 0 radical (unpaired) electrons. The fraction of sp³-hybridized carbons (Fsp3) is 0.550. The van der Waals surface area contributed by atoms with Crippen LogP contribution in [0.4, 0.5) is 5.82 Å². The molecule has 0 fully saturated rings. The lowest BCUT2D eigenvalue weighted by atomic mass is 9.89. The number of anilines is 1. The molecule has 4 rings (SSSR count). The Bertz CT molecular complexity index is 975. The highest BCUT2D eigenvalue weighted by atomic mass is 16.5. The van der Waals surface area contributed by atoms with E-state index in [1.54, 1.807) is 6.33 Å². The molecule has 6 nitrogen and oxygen atoms in total. The van der Waals surface area contributed by atoms with Crippen molar-refractivity contribution >= 4 is 28.0 Å². The molecule has 1 aliphatic rings. The highest BCUT2D eigenvalue weighted by molar-refractivity contribution is 6.06. The standard InChI is InChI=1S/C20H26N4O2/c1-11(2)6-7-21-18-17-16(22-10-23-18)15-13-8-20(4,5)25-9-14(13)12(3)24-19(15)26-17/h10-11H,6-9H2,1-5H3,(H,21,22,23). The predicted molar refractivity (Wildman–Crippen MR) is 102 cm³/mol. The molecule has 0 aromatic carbocycles. The molecule has 26 heavy (non-hydrogen) atoms. The summed E-state index contributed by atoms with van der Waals surface area (Å²) >= 11 is 0. The second-order valence-electron chi connectivity index (χ2n) is 8.17. The number of furan rings is 1. The molecule has 3 aromatic rings. The molecule has 0 atom stereocenters. The molecule has 0 bridgehead atoms. The van der Waals surface area contributed by atoms with Crippen molar-refractivity contribution in [1.29, 1.82) is 0 Å². The maximum Gasteiger partial charge on any atom is 0.229 e. The SMILES string of the molecule is Cc1nc2oc3c(NCCC(C)C)ncnc3c2c2c1COC(C)(C)C2. The summed E-state index contributed by atoms with van der Waals surface area (Å²) in [4.78, 5) is 13.6. The average Bonchev–Trinajstić information content (AvgIpc) is 2.92. The van der Waals surface area contributed by atoms with Gasteiger partial charge in [-0.05, 0) is 38.7 Å². The summed E-state index contributed by atoms with van der Waals surface area (Å²) in [5.41, 5.74) is 5.33. The fourth-order valence-electron chi connectivity index (χ4n) is 3.57. The van der Waals surface area contributed by atoms with Crippen LogP contribution in [0.1, 0.15) is 50.9 Å². The van der Waals surface area contributed by atoms with Crippen LogP contribution >= 0.6 is 0 Å². The molecule has 6 heteroatoms. The first-order valence-electron chi connectivity index (χ1n) is 9.29. The van der Waals surface area contributed by atoms with Crippen molar-refractivity contribution in [3.63, 3.8) is 0 Å². The molecule has 1 N–H and O–H groups in total. The smallest absolute Gasteiger partial charge is 0.229 e. The van der Waals surface area contributed by atoms with E-state index in [0.29, 0.717) is 23.8 Å². The lowest BCUT2D eigenvalue weighted by Gasteiger charge is -2.32. The zero-order valence-electron chi connectivity index (χ0n) is 16.1. The van der Waals surface area contributed by atoms with Gasteiger partial charge in [0.2, 0.25) is 5.71 Å². The van der Waals surface area contributed by atoms with E-state index in [1.165, 1.54) is 5.56 Å². The van der Waals surface area contributed by atoms with Crippen LogP contribution in [0.2, 0.25) is 0 Å². The predicted octanol–water partition coefficient (Wildman–Crippen LogP) is 4.39. The number of fused-ring (bicyclic) bond motifs is 5. The van der Waals surface area contributed by atoms with Crippen LogP contribution in [0.25, 0.3) is 22.2 Å². The molecule has 0 saturated carbocycles. The van der Waals surface area contributed by atoms with Crippen LogP contribution in [0.15, 0.2) is 10.7 Å². The zero-order chi connectivity index (χ0) is 18.5. The van der Waals surface area contributed by atoms with Crippen molar-refractivity contribution in [2.24, 2.45) is 5.92 Å². The molecule has 138 valence electrons. The summed E-state index contributed by atoms with van der Waals surface area (Å²) in [6.45, 7) is 12.1. The van der Waals surface area contributed by atoms with Crippen molar-refractivity contribution in [2.45, 2.75) is 59.7 Å². The molecule has 3 aromatic heterocycles. The van der Waals surface area contributed by atoms with Crippen LogP contribution in [-0.2, 0) is 17.8 Å². The third-order valence-corrected chi connectivity index (χ3v) is 5.05. The molecule has 1 aliphatic heterocycles. The van der Waals surface area contributed by atoms with E-state index in [9.17, 15) is 0 Å². The van der Waals surface area contributed by atoms with E-state index in [-0.39, 0.29) is 5.60 Å². The van der Waals surface area contributed by atoms with Crippen molar-refractivity contribution < 1.29 is 9.15 Å². The first-order valence-corrected chi connectivity index (χ1v) is 9.29. The van der Waals surface area contributed by atoms with Gasteiger partial charge in [-0.15, -0.1) is 0 Å². The number of hydrogen-bond acceptors (Lipinski definition) is 6. The summed E-state index contributed by atoms with van der Waals surface area (Å²) in [7, 11) is 0. The highest BCUT2D eigenvalue weighted by Gasteiger charge is 2.31. The number of nitrogens with one attached hydrogen (secondary N) is 1. The van der Waals surface area contributed by atoms with Gasteiger partial charge in [-0.3, -0.25) is 0 Å². The summed E-state index contributed by atoms with van der Waals surface area (Å²) in [6, 6.07) is 0. The zero-order valence-corrected chi connectivity index (χ0v) is 16.1. The van der Waals surface area contributed by atoms with Gasteiger partial charge in [0.15, 0.2) is 11.4 Å². The van der Waals surface area contributed by atoms with Gasteiger partial charge in [-0.1, -0.05) is 13.8 Å². The lowest BCUT2D eigenvalue weighted by Crippen LogP contribution is -2.32. The largest absolute Gasteiger partial charge is 0.432 e. The number of ether oxygens (including phenoxy) is 1. The molecule has 0 spiro atoms. The average molecular weight is 354 g/mol. The molecule has 0 aliphatic carbocycles. The molecule has 0 saturated heterocycles. The van der Waals surface area contributed by atoms with E-state index >= 15 is 0 Å². The van der Waals surface area contributed by atoms with Crippen molar-refractivity contribution in [1.82, 2.24) is 15.0 Å². The van der Waals surface area contributed by atoms with Crippen LogP contribution in [-0.4, -0.2) is 27.1 Å². The topological polar surface area (TPSA) is 73.1 Å². The molecular formula is C20H26N4O2. The Kier molecular flexibility index (Phi) is 4.10. The van der Waals surface area contributed by atoms with Crippen LogP contribution in [0.3, 0.4) is 0 Å². The number of aryl methyl sites for hydroxylation is 1. The van der Waals surface area contributed by atoms with Gasteiger partial charge in [0.1, 0.15) is 11.8 Å². The van der Waals surface area contributed by atoms with E-state index in [4.69, 9.17) is 9.15 Å². The van der Waals surface area contributed by atoms with Crippen molar-refractivity contribution in [3.8, 4) is 0 Å². The van der Waals surface area contributed by atoms with Crippen molar-refractivity contribution in [2.75, 3.05) is 11.9 Å². The molecule has 4 heterocycles. The van der Waals surface area contributed by atoms with Gasteiger partial charge in [0.25, 0.3) is 0 Å². The summed E-state index contributed by atoms with van der Waals surface area (Å²) in [5, 5.41) is 4.40. The minimum atomic E-state index is -0.206. The first kappa shape index (κ1) is 17.2. The maximum absolute atomic E-state index is 6.12. The van der Waals surface area contributed by atoms with Gasteiger partial charge in [0, 0.05) is 24.2 Å².